The van der Waals surface area contributed by atoms with Crippen molar-refractivity contribution in [2.24, 2.45) is 0 Å². The van der Waals surface area contributed by atoms with E-state index in [9.17, 15) is 9.59 Å². The van der Waals surface area contributed by atoms with Crippen LogP contribution in [0.15, 0.2) is 29.2 Å². The Balaban J connectivity index is 1.93. The van der Waals surface area contributed by atoms with E-state index in [4.69, 9.17) is 21.7 Å². The van der Waals surface area contributed by atoms with Gasteiger partial charge in [0.2, 0.25) is 0 Å². The molecule has 2 aromatic rings. The number of hydrogen-bond acceptors (Lipinski definition) is 7. The first-order valence-corrected chi connectivity index (χ1v) is 11.7. The number of amides is 1. The number of thiocarbonyl (C=S) groups is 1. The Labute approximate surface area is 203 Å². The first-order valence-electron chi connectivity index (χ1n) is 9.36. The lowest BCUT2D eigenvalue weighted by molar-refractivity contribution is -0.142. The summed E-state index contributed by atoms with van der Waals surface area (Å²) in [5.74, 6) is 0.270. The van der Waals surface area contributed by atoms with Crippen LogP contribution in [-0.4, -0.2) is 41.2 Å². The van der Waals surface area contributed by atoms with Crippen molar-refractivity contribution >= 4 is 68.8 Å². The summed E-state index contributed by atoms with van der Waals surface area (Å²) in [4.78, 5) is 25.1. The molecule has 0 radical (unpaired) electrons. The van der Waals surface area contributed by atoms with Gasteiger partial charge in [-0.1, -0.05) is 11.8 Å². The van der Waals surface area contributed by atoms with Gasteiger partial charge in [0.15, 0.2) is 22.4 Å². The summed E-state index contributed by atoms with van der Waals surface area (Å²) in [7, 11) is 1.30. The maximum Gasteiger partial charge on any atom is 0.343 e. The Bertz CT molecular complexity index is 1060. The zero-order valence-corrected chi connectivity index (χ0v) is 21.2. The number of nitrogens with zero attached hydrogens (tertiary/aromatic N) is 2. The number of esters is 1. The van der Waals surface area contributed by atoms with Crippen LogP contribution in [0.1, 0.15) is 23.9 Å². The highest BCUT2D eigenvalue weighted by atomic mass is 127. The van der Waals surface area contributed by atoms with Crippen LogP contribution in [0.3, 0.4) is 0 Å². The molecule has 164 valence electrons. The van der Waals surface area contributed by atoms with Gasteiger partial charge in [-0.25, -0.2) is 4.79 Å². The van der Waals surface area contributed by atoms with E-state index in [-0.39, 0.29) is 12.5 Å². The second-order valence-electron chi connectivity index (χ2n) is 6.55. The molecule has 0 bridgehead atoms. The molecule has 7 nitrogen and oxygen atoms in total. The Morgan fingerprint density at radius 1 is 1.23 bits per heavy atom. The summed E-state index contributed by atoms with van der Waals surface area (Å²) < 4.78 is 19.0. The van der Waals surface area contributed by atoms with Gasteiger partial charge >= 0.3 is 5.97 Å². The van der Waals surface area contributed by atoms with E-state index in [1.807, 2.05) is 43.6 Å². The average molecular weight is 572 g/mol. The van der Waals surface area contributed by atoms with Gasteiger partial charge in [0.25, 0.3) is 5.91 Å². The van der Waals surface area contributed by atoms with E-state index >= 15 is 0 Å². The minimum absolute atomic E-state index is 0.184. The normalized spacial score (nSPS) is 15.0. The summed E-state index contributed by atoms with van der Waals surface area (Å²) >= 11 is 8.84. The highest BCUT2D eigenvalue weighted by Gasteiger charge is 2.34. The second kappa shape index (κ2) is 10.0. The molecule has 0 saturated carbocycles. The van der Waals surface area contributed by atoms with Crippen LogP contribution in [-0.2, 0) is 14.3 Å². The van der Waals surface area contributed by atoms with E-state index in [2.05, 4.69) is 27.3 Å². The minimum atomic E-state index is -0.485. The van der Waals surface area contributed by atoms with Crippen LogP contribution in [0.5, 0.6) is 11.5 Å². The molecule has 1 fully saturated rings. The molecule has 31 heavy (non-hydrogen) atoms. The summed E-state index contributed by atoms with van der Waals surface area (Å²) in [6.07, 6.45) is 1.78. The third-order valence-electron chi connectivity index (χ3n) is 4.40. The third kappa shape index (κ3) is 5.07. The third-order valence-corrected chi connectivity index (χ3v) is 6.48. The SMILES string of the molecule is CCOc1cc(/C=C2/SC(=S)N(n3c(C)ccc3C)C2=O)cc(I)c1OCC(=O)OC. The van der Waals surface area contributed by atoms with Gasteiger partial charge in [0.05, 0.1) is 22.2 Å². The van der Waals surface area contributed by atoms with Gasteiger partial charge in [-0.05, 0) is 91.5 Å². The molecule has 1 aromatic carbocycles. The van der Waals surface area contributed by atoms with Crippen LogP contribution >= 0.6 is 46.6 Å². The van der Waals surface area contributed by atoms with Crippen LogP contribution < -0.4 is 14.5 Å². The van der Waals surface area contributed by atoms with Crippen molar-refractivity contribution in [3.8, 4) is 11.5 Å². The number of halogens is 1. The largest absolute Gasteiger partial charge is 0.490 e. The van der Waals surface area contributed by atoms with E-state index < -0.39 is 5.97 Å². The lowest BCUT2D eigenvalue weighted by Crippen LogP contribution is -2.39. The van der Waals surface area contributed by atoms with Crippen molar-refractivity contribution in [3.05, 3.63) is 49.7 Å². The molecule has 1 saturated heterocycles. The Kier molecular flexibility index (Phi) is 7.65. The molecule has 1 aromatic heterocycles. The molecule has 3 rings (SSSR count). The Morgan fingerprint density at radius 3 is 2.52 bits per heavy atom. The molecule has 10 heteroatoms. The summed E-state index contributed by atoms with van der Waals surface area (Å²) in [6.45, 7) is 5.91. The standard InChI is InChI=1S/C21H21IN2O5S2/c1-5-28-16-9-14(8-15(22)19(16)29-11-18(25)27-4)10-17-20(26)24(21(30)31-17)23-12(2)6-7-13(23)3/h6-10H,5,11H2,1-4H3/b17-10+. The lowest BCUT2D eigenvalue weighted by Gasteiger charge is -2.20. The Morgan fingerprint density at radius 2 is 1.90 bits per heavy atom. The number of carbonyl (C=O) groups is 2. The molecule has 0 spiro atoms. The molecule has 2 heterocycles. The molecule has 1 aliphatic rings. The van der Waals surface area contributed by atoms with Crippen LogP contribution in [0, 0.1) is 17.4 Å². The average Bonchev–Trinajstić information content (AvgIpc) is 3.18. The molecule has 0 aliphatic carbocycles. The van der Waals surface area contributed by atoms with E-state index in [1.165, 1.54) is 23.9 Å². The van der Waals surface area contributed by atoms with Crippen molar-refractivity contribution in [1.29, 1.82) is 0 Å². The molecule has 0 atom stereocenters. The van der Waals surface area contributed by atoms with Crippen molar-refractivity contribution in [3.63, 3.8) is 0 Å². The predicted molar refractivity (Wildman–Crippen MR) is 133 cm³/mol. The zero-order chi connectivity index (χ0) is 22.7. The van der Waals surface area contributed by atoms with E-state index in [0.29, 0.717) is 27.3 Å². The number of hydrogen-bond donors (Lipinski definition) is 0. The second-order valence-corrected chi connectivity index (χ2v) is 9.39. The van der Waals surface area contributed by atoms with Crippen molar-refractivity contribution in [1.82, 2.24) is 4.68 Å². The van der Waals surface area contributed by atoms with E-state index in [1.54, 1.807) is 12.1 Å². The monoisotopic (exact) mass is 572 g/mol. The number of aryl methyl sites for hydroxylation is 2. The minimum Gasteiger partial charge on any atom is -0.490 e. The summed E-state index contributed by atoms with van der Waals surface area (Å²) in [5, 5.41) is 1.51. The van der Waals surface area contributed by atoms with Gasteiger partial charge in [-0.15, -0.1) is 0 Å². The number of carbonyl (C=O) groups excluding carboxylic acids is 2. The quantitative estimate of drug-likeness (QED) is 0.213. The molecule has 0 N–H and O–H groups in total. The molecular formula is C21H21IN2O5S2. The van der Waals surface area contributed by atoms with Gasteiger partial charge in [0, 0.05) is 11.4 Å². The lowest BCUT2D eigenvalue weighted by atomic mass is 10.2. The predicted octanol–water partition coefficient (Wildman–Crippen LogP) is 4.20. The first kappa shape index (κ1) is 23.6. The molecule has 1 aliphatic heterocycles. The number of benzene rings is 1. The van der Waals surface area contributed by atoms with Crippen molar-refractivity contribution in [2.75, 3.05) is 25.3 Å². The van der Waals surface area contributed by atoms with E-state index in [0.717, 1.165) is 20.5 Å². The highest BCUT2D eigenvalue weighted by Crippen LogP contribution is 2.37. The smallest absolute Gasteiger partial charge is 0.343 e. The maximum atomic E-state index is 13.1. The summed E-state index contributed by atoms with van der Waals surface area (Å²) in [5.41, 5.74) is 2.62. The molecule has 0 unspecified atom stereocenters. The number of ether oxygens (including phenoxy) is 3. The zero-order valence-electron chi connectivity index (χ0n) is 17.4. The fourth-order valence-electron chi connectivity index (χ4n) is 3.02. The fourth-order valence-corrected chi connectivity index (χ4v) is 5.05. The number of methoxy groups -OCH3 is 1. The van der Waals surface area contributed by atoms with Crippen LogP contribution in [0.25, 0.3) is 6.08 Å². The number of thioether (sulfide) groups is 1. The number of aromatic nitrogens is 1. The summed E-state index contributed by atoms with van der Waals surface area (Å²) in [6, 6.07) is 7.52. The maximum absolute atomic E-state index is 13.1. The molecular weight excluding hydrogens is 551 g/mol. The van der Waals surface area contributed by atoms with Gasteiger partial charge < -0.3 is 14.2 Å². The molecule has 1 amide bonds. The van der Waals surface area contributed by atoms with Gasteiger partial charge in [0.1, 0.15) is 0 Å². The van der Waals surface area contributed by atoms with Gasteiger partial charge in [-0.2, -0.15) is 5.01 Å². The fraction of sp³-hybridized carbons (Fsp3) is 0.286. The van der Waals surface area contributed by atoms with Crippen LogP contribution in [0.4, 0.5) is 0 Å². The topological polar surface area (TPSA) is 70.0 Å². The number of rotatable bonds is 7. The Hall–Kier alpha value is -2.05. The first-order chi connectivity index (χ1) is 14.8. The van der Waals surface area contributed by atoms with Crippen molar-refractivity contribution < 1.29 is 23.8 Å². The highest BCUT2D eigenvalue weighted by molar-refractivity contribution is 14.1. The van der Waals surface area contributed by atoms with Crippen molar-refractivity contribution in [2.45, 2.75) is 20.8 Å². The van der Waals surface area contributed by atoms with Crippen LogP contribution in [0.2, 0.25) is 0 Å². The van der Waals surface area contributed by atoms with Gasteiger partial charge in [-0.3, -0.25) is 9.47 Å².